The summed E-state index contributed by atoms with van der Waals surface area (Å²) in [6.07, 6.45) is 0. The second-order valence-electron chi connectivity index (χ2n) is 0.316. The molecule has 0 radical (unpaired) electrons. The summed E-state index contributed by atoms with van der Waals surface area (Å²) in [6, 6.07) is 0. The Balaban J connectivity index is -0.0000000200. The molecule has 0 aliphatic rings. The molecular formula is C2H7ClOZr. The number of hydrogen-bond donors (Lipinski definition) is 1. The van der Waals surface area contributed by atoms with Crippen molar-refractivity contribution in [3.8, 4) is 0 Å². The van der Waals surface area contributed by atoms with Gasteiger partial charge >= 0.3 is 0 Å². The topological polar surface area (TPSA) is 20.2 Å². The molecular weight excluding hydrogens is 167 g/mol. The zero-order chi connectivity index (χ0) is 2.71. The molecule has 5 heavy (non-hydrogen) atoms. The quantitative estimate of drug-likeness (QED) is 0.563. The smallest absolute Gasteiger partial charge is 0.0402 e. The van der Waals surface area contributed by atoms with Gasteiger partial charge in [-0.1, -0.05) is 0 Å². The molecule has 0 unspecified atom stereocenters. The van der Waals surface area contributed by atoms with Gasteiger partial charge in [-0.15, -0.1) is 12.4 Å². The standard InChI is InChI=1S/C2H6O.ClH.Zr/c1-2-3;;/h3H,2H2,1H3;1H;. The van der Waals surface area contributed by atoms with Gasteiger partial charge in [0, 0.05) is 32.8 Å². The zero-order valence-corrected chi connectivity index (χ0v) is 6.34. The largest absolute Gasteiger partial charge is 0.397 e. The molecule has 0 rings (SSSR count). The molecule has 1 N–H and O–H groups in total. The maximum absolute atomic E-state index is 7.57. The fraction of sp³-hybridized carbons (Fsp3) is 1.00. The maximum Gasteiger partial charge on any atom is 0.0402 e. The molecule has 0 fully saturated rings. The van der Waals surface area contributed by atoms with Crippen molar-refractivity contribution in [2.75, 3.05) is 6.61 Å². The van der Waals surface area contributed by atoms with E-state index in [4.69, 9.17) is 5.11 Å². The van der Waals surface area contributed by atoms with Gasteiger partial charge in [0.25, 0.3) is 0 Å². The molecule has 0 heterocycles. The van der Waals surface area contributed by atoms with Gasteiger partial charge in [-0.05, 0) is 6.92 Å². The molecule has 0 aliphatic heterocycles. The van der Waals surface area contributed by atoms with Crippen LogP contribution < -0.4 is 0 Å². The van der Waals surface area contributed by atoms with Gasteiger partial charge in [0.15, 0.2) is 0 Å². The molecule has 0 amide bonds. The minimum absolute atomic E-state index is 0. The third-order valence-corrected chi connectivity index (χ3v) is 0. The summed E-state index contributed by atoms with van der Waals surface area (Å²) in [5.41, 5.74) is 0. The van der Waals surface area contributed by atoms with Crippen LogP contribution in [-0.2, 0) is 26.2 Å². The SMILES string of the molecule is CCO.Cl.[Zr]. The second kappa shape index (κ2) is 19.3. The van der Waals surface area contributed by atoms with Crippen LogP contribution in [0, 0.1) is 0 Å². The summed E-state index contributed by atoms with van der Waals surface area (Å²) in [7, 11) is 0. The first-order valence-corrected chi connectivity index (χ1v) is 1.02. The Morgan fingerprint density at radius 2 is 1.60 bits per heavy atom. The minimum atomic E-state index is 0. The van der Waals surface area contributed by atoms with Gasteiger partial charge < -0.3 is 5.11 Å². The van der Waals surface area contributed by atoms with Gasteiger partial charge in [0.05, 0.1) is 0 Å². The number of hydrogen-bond acceptors (Lipinski definition) is 1. The van der Waals surface area contributed by atoms with E-state index in [1.54, 1.807) is 6.92 Å². The zero-order valence-electron chi connectivity index (χ0n) is 3.06. The van der Waals surface area contributed by atoms with Crippen molar-refractivity contribution in [2.45, 2.75) is 6.92 Å². The van der Waals surface area contributed by atoms with Crippen LogP contribution in [0.4, 0.5) is 0 Å². The molecule has 0 bridgehead atoms. The van der Waals surface area contributed by atoms with Crippen LogP contribution >= 0.6 is 12.4 Å². The minimum Gasteiger partial charge on any atom is -0.397 e. The van der Waals surface area contributed by atoms with Crippen LogP contribution in [0.1, 0.15) is 6.92 Å². The molecule has 1 nitrogen and oxygen atoms in total. The van der Waals surface area contributed by atoms with E-state index in [0.29, 0.717) is 0 Å². The summed E-state index contributed by atoms with van der Waals surface area (Å²) in [6.45, 7) is 1.93. The van der Waals surface area contributed by atoms with Gasteiger partial charge in [-0.3, -0.25) is 0 Å². The van der Waals surface area contributed by atoms with Gasteiger partial charge in [0.1, 0.15) is 0 Å². The van der Waals surface area contributed by atoms with Crippen LogP contribution in [-0.4, -0.2) is 11.7 Å². The maximum atomic E-state index is 7.57. The van der Waals surface area contributed by atoms with Crippen molar-refractivity contribution in [2.24, 2.45) is 0 Å². The first-order valence-electron chi connectivity index (χ1n) is 1.02. The third kappa shape index (κ3) is 39.2. The Morgan fingerprint density at radius 3 is 1.60 bits per heavy atom. The van der Waals surface area contributed by atoms with E-state index in [-0.39, 0.29) is 45.2 Å². The number of aliphatic hydroxyl groups is 1. The normalized spacial score (nSPS) is 3.60. The van der Waals surface area contributed by atoms with Crippen molar-refractivity contribution in [1.82, 2.24) is 0 Å². The third-order valence-electron chi connectivity index (χ3n) is 0. The molecule has 0 aromatic rings. The number of aliphatic hydroxyl groups excluding tert-OH is 1. The monoisotopic (exact) mass is 172 g/mol. The summed E-state index contributed by atoms with van der Waals surface area (Å²) in [4.78, 5) is 0. The average molecular weight is 174 g/mol. The second-order valence-corrected chi connectivity index (χ2v) is 0.316. The first kappa shape index (κ1) is 16.5. The van der Waals surface area contributed by atoms with Crippen molar-refractivity contribution in [3.63, 3.8) is 0 Å². The predicted octanol–water partition coefficient (Wildman–Crippen LogP) is 0.418. The molecule has 32 valence electrons. The molecule has 0 saturated heterocycles. The van der Waals surface area contributed by atoms with Crippen molar-refractivity contribution in [3.05, 3.63) is 0 Å². The summed E-state index contributed by atoms with van der Waals surface area (Å²) in [5, 5.41) is 7.57. The molecule has 0 atom stereocenters. The predicted molar refractivity (Wildman–Crippen MR) is 20.0 cm³/mol. The molecule has 0 spiro atoms. The van der Waals surface area contributed by atoms with Crippen molar-refractivity contribution < 1.29 is 31.3 Å². The Hall–Kier alpha value is 1.13. The van der Waals surface area contributed by atoms with Crippen LogP contribution in [0.15, 0.2) is 0 Å². The van der Waals surface area contributed by atoms with Crippen LogP contribution in [0.25, 0.3) is 0 Å². The fourth-order valence-electron chi connectivity index (χ4n) is 0. The molecule has 3 heteroatoms. The summed E-state index contributed by atoms with van der Waals surface area (Å²) < 4.78 is 0. The van der Waals surface area contributed by atoms with E-state index >= 15 is 0 Å². The summed E-state index contributed by atoms with van der Waals surface area (Å²) >= 11 is 0. The van der Waals surface area contributed by atoms with Crippen molar-refractivity contribution in [1.29, 1.82) is 0 Å². The first-order chi connectivity index (χ1) is 1.41. The van der Waals surface area contributed by atoms with E-state index in [2.05, 4.69) is 0 Å². The van der Waals surface area contributed by atoms with E-state index < -0.39 is 0 Å². The van der Waals surface area contributed by atoms with Crippen LogP contribution in [0.5, 0.6) is 0 Å². The summed E-state index contributed by atoms with van der Waals surface area (Å²) in [5.74, 6) is 0. The molecule has 0 aromatic heterocycles. The average Bonchev–Trinajstić information content (AvgIpc) is 0.918. The number of rotatable bonds is 0. The van der Waals surface area contributed by atoms with Crippen LogP contribution in [0.2, 0.25) is 0 Å². The Kier molecular flexibility index (Phi) is 63.4. The number of halogens is 1. The fourth-order valence-corrected chi connectivity index (χ4v) is 0. The van der Waals surface area contributed by atoms with Gasteiger partial charge in [0.2, 0.25) is 0 Å². The van der Waals surface area contributed by atoms with Gasteiger partial charge in [-0.2, -0.15) is 0 Å². The van der Waals surface area contributed by atoms with E-state index in [1.165, 1.54) is 0 Å². The van der Waals surface area contributed by atoms with Gasteiger partial charge in [-0.25, -0.2) is 0 Å². The van der Waals surface area contributed by atoms with E-state index in [9.17, 15) is 0 Å². The van der Waals surface area contributed by atoms with E-state index in [1.807, 2.05) is 0 Å². The Labute approximate surface area is 57.3 Å². The molecule has 0 saturated carbocycles. The molecule has 0 aromatic carbocycles. The Bertz CT molecular complexity index is 9.61. The van der Waals surface area contributed by atoms with Crippen LogP contribution in [0.3, 0.4) is 0 Å². The van der Waals surface area contributed by atoms with E-state index in [0.717, 1.165) is 0 Å². The van der Waals surface area contributed by atoms with Crippen molar-refractivity contribution >= 4 is 12.4 Å². The Morgan fingerprint density at radius 1 is 1.60 bits per heavy atom. The molecule has 0 aliphatic carbocycles.